The molecule has 3 heteroatoms. The van der Waals surface area contributed by atoms with Crippen molar-refractivity contribution < 1.29 is 0 Å². The predicted octanol–water partition coefficient (Wildman–Crippen LogP) is 2.65. The summed E-state index contributed by atoms with van der Waals surface area (Å²) in [4.78, 5) is 0. The van der Waals surface area contributed by atoms with Gasteiger partial charge < -0.3 is 0 Å². The highest BCUT2D eigenvalue weighted by Gasteiger charge is 1.58. The van der Waals surface area contributed by atoms with Gasteiger partial charge in [0.2, 0.25) is 0 Å². The van der Waals surface area contributed by atoms with E-state index >= 15 is 0 Å². The van der Waals surface area contributed by atoms with Crippen LogP contribution in [-0.2, 0) is 0 Å². The quantitative estimate of drug-likeness (QED) is 0.500. The van der Waals surface area contributed by atoms with Gasteiger partial charge in [0.05, 0.1) is 0 Å². The molecule has 0 saturated heterocycles. The van der Waals surface area contributed by atoms with Crippen molar-refractivity contribution in [2.24, 2.45) is 0 Å². The second-order valence-corrected chi connectivity index (χ2v) is 1.17. The molecule has 0 heterocycles. The Morgan fingerprint density at radius 2 is 1.50 bits per heavy atom. The van der Waals surface area contributed by atoms with Gasteiger partial charge in [-0.25, -0.2) is 0 Å². The topological polar surface area (TPSA) is 0 Å². The third-order valence-electron chi connectivity index (χ3n) is 0.224. The van der Waals surface area contributed by atoms with Crippen LogP contribution in [0.4, 0.5) is 0 Å². The minimum absolute atomic E-state index is 0. The number of hydrogen-bond acceptors (Lipinski definition) is 0. The molecule has 0 saturated carbocycles. The smallest absolute Gasteiger partial charge is 0.0244 e. The molecule has 0 spiro atoms. The first-order chi connectivity index (χ1) is 1.91. The van der Waals surface area contributed by atoms with Crippen molar-refractivity contribution in [1.82, 2.24) is 0 Å². The van der Waals surface area contributed by atoms with E-state index < -0.39 is 0 Å². The van der Waals surface area contributed by atoms with Crippen LogP contribution in [0.5, 0.6) is 0 Å². The molecule has 0 amide bonds. The zero-order valence-electron chi connectivity index (χ0n) is 3.68. The van der Waals surface area contributed by atoms with Crippen molar-refractivity contribution in [1.29, 1.82) is 0 Å². The van der Waals surface area contributed by atoms with Crippen LogP contribution in [0.2, 0.25) is 0 Å². The van der Waals surface area contributed by atoms with Crippen molar-refractivity contribution in [3.05, 3.63) is 0 Å². The number of rotatable bonds is 1. The third kappa shape index (κ3) is 19.9. The Morgan fingerprint density at radius 1 is 1.33 bits per heavy atom. The Morgan fingerprint density at radius 3 is 1.50 bits per heavy atom. The zero-order valence-corrected chi connectivity index (χ0v) is 6.21. The molecule has 0 aromatic carbocycles. The Hall–Kier alpha value is 1.01. The predicted molar refractivity (Wildman–Crippen MR) is 36.6 cm³/mol. The van der Waals surface area contributed by atoms with Crippen LogP contribution in [0.1, 0.15) is 13.3 Å². The Labute approximate surface area is 54.1 Å². The minimum Gasteiger partial charge on any atom is -0.147 e. The second kappa shape index (κ2) is 16.7. The lowest BCUT2D eigenvalue weighted by Gasteiger charge is -1.66. The maximum Gasteiger partial charge on any atom is -0.0244 e. The molecule has 0 aromatic rings. The molecule has 0 N–H and O–H groups in total. The molecular formula is C3H9Cl2P. The second-order valence-electron chi connectivity index (χ2n) is 0.724. The van der Waals surface area contributed by atoms with Crippen LogP contribution in [0.15, 0.2) is 0 Å². The highest BCUT2D eigenvalue weighted by molar-refractivity contribution is 7.16. The molecule has 0 aliphatic rings. The van der Waals surface area contributed by atoms with E-state index in [1.54, 1.807) is 0 Å². The third-order valence-corrected chi connectivity index (χ3v) is 0.671. The Bertz CT molecular complexity index is 10.8. The van der Waals surface area contributed by atoms with E-state index in [1.807, 2.05) is 0 Å². The first-order valence-electron chi connectivity index (χ1n) is 1.52. The van der Waals surface area contributed by atoms with E-state index in [4.69, 9.17) is 0 Å². The number of halogens is 2. The molecule has 0 nitrogen and oxygen atoms in total. The van der Waals surface area contributed by atoms with E-state index in [2.05, 4.69) is 16.2 Å². The van der Waals surface area contributed by atoms with Gasteiger partial charge in [0.1, 0.15) is 0 Å². The van der Waals surface area contributed by atoms with Crippen molar-refractivity contribution in [3.8, 4) is 0 Å². The summed E-state index contributed by atoms with van der Waals surface area (Å²) in [5, 5.41) is 0. The molecular weight excluding hydrogens is 138 g/mol. The lowest BCUT2D eigenvalue weighted by atomic mass is 10.6. The van der Waals surface area contributed by atoms with Gasteiger partial charge in [-0.05, 0) is 15.4 Å². The summed E-state index contributed by atoms with van der Waals surface area (Å²) in [6, 6.07) is 0. The fourth-order valence-corrected chi connectivity index (χ4v) is 0. The Kier molecular flexibility index (Phi) is 43.7. The summed E-state index contributed by atoms with van der Waals surface area (Å²) >= 11 is 0. The molecule has 0 bridgehead atoms. The van der Waals surface area contributed by atoms with Gasteiger partial charge in [-0.3, -0.25) is 0 Å². The van der Waals surface area contributed by atoms with E-state index in [1.165, 1.54) is 6.42 Å². The molecule has 40 valence electrons. The lowest BCUT2D eigenvalue weighted by Crippen LogP contribution is -1.54. The highest BCUT2D eigenvalue weighted by atomic mass is 35.5. The average molecular weight is 147 g/mol. The van der Waals surface area contributed by atoms with Gasteiger partial charge in [-0.1, -0.05) is 13.3 Å². The van der Waals surface area contributed by atoms with Crippen molar-refractivity contribution in [3.63, 3.8) is 0 Å². The summed E-state index contributed by atoms with van der Waals surface area (Å²) in [6.07, 6.45) is 2.20. The lowest BCUT2D eigenvalue weighted by molar-refractivity contribution is 1.11. The van der Waals surface area contributed by atoms with Gasteiger partial charge in [0.25, 0.3) is 0 Å². The van der Waals surface area contributed by atoms with E-state index in [0.717, 1.165) is 6.16 Å². The molecule has 0 aliphatic carbocycles. The van der Waals surface area contributed by atoms with Crippen molar-refractivity contribution >= 4 is 34.1 Å². The molecule has 0 atom stereocenters. The first-order valence-corrected chi connectivity index (χ1v) is 2.16. The van der Waals surface area contributed by atoms with Crippen LogP contribution < -0.4 is 0 Å². The molecule has 0 aliphatic heterocycles. The van der Waals surface area contributed by atoms with E-state index in [-0.39, 0.29) is 24.8 Å². The molecule has 0 aromatic heterocycles. The van der Waals surface area contributed by atoms with Crippen LogP contribution >= 0.6 is 34.1 Å². The van der Waals surface area contributed by atoms with Gasteiger partial charge in [-0.15, -0.1) is 24.8 Å². The molecule has 0 fully saturated rings. The normalized spacial score (nSPS) is 5.00. The molecule has 0 rings (SSSR count). The fourth-order valence-electron chi connectivity index (χ4n) is 0. The fraction of sp³-hybridized carbons (Fsp3) is 1.00. The summed E-state index contributed by atoms with van der Waals surface area (Å²) in [6.45, 7) is 2.10. The average Bonchev–Trinajstić information content (AvgIpc) is 1.37. The molecule has 2 radical (unpaired) electrons. The largest absolute Gasteiger partial charge is 0.147 e. The van der Waals surface area contributed by atoms with Crippen LogP contribution in [0.3, 0.4) is 0 Å². The SMILES string of the molecule is CCC[P].Cl.Cl. The van der Waals surface area contributed by atoms with Gasteiger partial charge in [0, 0.05) is 0 Å². The van der Waals surface area contributed by atoms with Gasteiger partial charge in [-0.2, -0.15) is 0 Å². The number of hydrogen-bond donors (Lipinski definition) is 0. The van der Waals surface area contributed by atoms with Crippen molar-refractivity contribution in [2.45, 2.75) is 13.3 Å². The minimum atomic E-state index is 0. The first kappa shape index (κ1) is 15.7. The van der Waals surface area contributed by atoms with Crippen LogP contribution in [-0.4, -0.2) is 6.16 Å². The Balaban J connectivity index is -0.0000000450. The summed E-state index contributed by atoms with van der Waals surface area (Å²) < 4.78 is 0. The summed E-state index contributed by atoms with van der Waals surface area (Å²) in [7, 11) is 3.92. The molecule has 0 unspecified atom stereocenters. The summed E-state index contributed by atoms with van der Waals surface area (Å²) in [5.41, 5.74) is 0. The van der Waals surface area contributed by atoms with E-state index in [0.29, 0.717) is 0 Å². The maximum absolute atomic E-state index is 3.92. The van der Waals surface area contributed by atoms with Gasteiger partial charge >= 0.3 is 0 Å². The monoisotopic (exact) mass is 146 g/mol. The summed E-state index contributed by atoms with van der Waals surface area (Å²) in [5.74, 6) is 0. The highest BCUT2D eigenvalue weighted by Crippen LogP contribution is 1.80. The maximum atomic E-state index is 3.92. The molecule has 6 heavy (non-hydrogen) atoms. The van der Waals surface area contributed by atoms with Gasteiger partial charge in [0.15, 0.2) is 0 Å². The van der Waals surface area contributed by atoms with Crippen molar-refractivity contribution in [2.75, 3.05) is 6.16 Å². The standard InChI is InChI=1S/C3H7P.2ClH/c1-2-3-4;;/h2-3H2,1H3;2*1H. The van der Waals surface area contributed by atoms with Crippen LogP contribution in [0.25, 0.3) is 0 Å². The van der Waals surface area contributed by atoms with E-state index in [9.17, 15) is 0 Å². The van der Waals surface area contributed by atoms with Crippen LogP contribution in [0, 0.1) is 0 Å². The zero-order chi connectivity index (χ0) is 3.41.